The lowest BCUT2D eigenvalue weighted by Crippen LogP contribution is -2.47. The molecule has 1 saturated heterocycles. The van der Waals surface area contributed by atoms with Crippen molar-refractivity contribution in [3.05, 3.63) is 65.9 Å². The van der Waals surface area contributed by atoms with E-state index in [1.165, 1.54) is 11.3 Å². The molecule has 0 atom stereocenters. The number of aromatic nitrogens is 3. The molecule has 2 heterocycles. The van der Waals surface area contributed by atoms with Crippen molar-refractivity contribution in [1.29, 1.82) is 5.26 Å². The van der Waals surface area contributed by atoms with Gasteiger partial charge < -0.3 is 15.1 Å². The molecule has 2 aromatic carbocycles. The van der Waals surface area contributed by atoms with Gasteiger partial charge in [-0.25, -0.2) is 0 Å². The van der Waals surface area contributed by atoms with Crippen LogP contribution in [0.3, 0.4) is 0 Å². The molecule has 0 saturated carbocycles. The number of rotatable bonds is 4. The van der Waals surface area contributed by atoms with Crippen LogP contribution in [0.1, 0.15) is 11.1 Å². The van der Waals surface area contributed by atoms with Crippen molar-refractivity contribution >= 4 is 23.1 Å². The van der Waals surface area contributed by atoms with E-state index < -0.39 is 0 Å². The number of anilines is 4. The van der Waals surface area contributed by atoms with Crippen LogP contribution in [0.2, 0.25) is 0 Å². The number of benzene rings is 2. The molecule has 140 valence electrons. The van der Waals surface area contributed by atoms with E-state index in [0.29, 0.717) is 17.3 Å². The van der Waals surface area contributed by atoms with Crippen LogP contribution < -0.4 is 15.1 Å². The van der Waals surface area contributed by atoms with E-state index in [9.17, 15) is 0 Å². The highest BCUT2D eigenvalue weighted by atomic mass is 15.4. The molecule has 0 spiro atoms. The molecule has 7 nitrogen and oxygen atoms in total. The molecule has 1 fully saturated rings. The Hall–Kier alpha value is -3.66. The summed E-state index contributed by atoms with van der Waals surface area (Å²) >= 11 is 0. The number of piperazine rings is 1. The number of nitriles is 1. The SMILES string of the molecule is Cc1cccc(N2CCN(c3nncc(Nc4ccc(C#N)cc4)n3)CC2)c1. The Morgan fingerprint density at radius 2 is 1.75 bits per heavy atom. The standard InChI is InChI=1S/C21H21N7/c1-16-3-2-4-19(13-16)27-9-11-28(12-10-27)21-25-20(15-23-26-21)24-18-7-5-17(14-22)6-8-18/h2-8,13,15H,9-12H2,1H3,(H,24,25,26). The molecule has 1 N–H and O–H groups in total. The minimum atomic E-state index is 0.624. The zero-order chi connectivity index (χ0) is 19.3. The largest absolute Gasteiger partial charge is 0.368 e. The van der Waals surface area contributed by atoms with Gasteiger partial charge in [0.1, 0.15) is 0 Å². The van der Waals surface area contributed by atoms with Gasteiger partial charge in [0.15, 0.2) is 5.82 Å². The monoisotopic (exact) mass is 371 g/mol. The third-order valence-corrected chi connectivity index (χ3v) is 4.76. The molecule has 0 unspecified atom stereocenters. The quantitative estimate of drug-likeness (QED) is 0.754. The fourth-order valence-corrected chi connectivity index (χ4v) is 3.25. The lowest BCUT2D eigenvalue weighted by Gasteiger charge is -2.36. The molecule has 0 aliphatic carbocycles. The first-order valence-corrected chi connectivity index (χ1v) is 9.25. The topological polar surface area (TPSA) is 81.0 Å². The van der Waals surface area contributed by atoms with E-state index in [2.05, 4.69) is 67.6 Å². The van der Waals surface area contributed by atoms with E-state index in [4.69, 9.17) is 5.26 Å². The molecule has 28 heavy (non-hydrogen) atoms. The van der Waals surface area contributed by atoms with Crippen molar-refractivity contribution in [2.75, 3.05) is 41.3 Å². The van der Waals surface area contributed by atoms with E-state index in [1.54, 1.807) is 18.3 Å². The summed E-state index contributed by atoms with van der Waals surface area (Å²) in [6, 6.07) is 17.9. The van der Waals surface area contributed by atoms with Gasteiger partial charge in [-0.2, -0.15) is 15.3 Å². The maximum atomic E-state index is 8.89. The van der Waals surface area contributed by atoms with Crippen molar-refractivity contribution in [1.82, 2.24) is 15.2 Å². The highest BCUT2D eigenvalue weighted by molar-refractivity contribution is 5.57. The Balaban J connectivity index is 1.41. The Morgan fingerprint density at radius 3 is 2.46 bits per heavy atom. The summed E-state index contributed by atoms with van der Waals surface area (Å²) in [5.41, 5.74) is 4.01. The van der Waals surface area contributed by atoms with Gasteiger partial charge in [0, 0.05) is 37.6 Å². The van der Waals surface area contributed by atoms with Gasteiger partial charge in [-0.15, -0.1) is 5.10 Å². The van der Waals surface area contributed by atoms with Gasteiger partial charge in [0.2, 0.25) is 5.95 Å². The first-order valence-electron chi connectivity index (χ1n) is 9.25. The number of hydrogen-bond acceptors (Lipinski definition) is 7. The van der Waals surface area contributed by atoms with E-state index in [-0.39, 0.29) is 0 Å². The van der Waals surface area contributed by atoms with Crippen LogP contribution in [0.5, 0.6) is 0 Å². The summed E-state index contributed by atoms with van der Waals surface area (Å²) < 4.78 is 0. The first-order chi connectivity index (χ1) is 13.7. The number of aryl methyl sites for hydroxylation is 1. The zero-order valence-corrected chi connectivity index (χ0v) is 15.7. The van der Waals surface area contributed by atoms with E-state index in [0.717, 1.165) is 31.9 Å². The fraction of sp³-hybridized carbons (Fsp3) is 0.238. The Bertz CT molecular complexity index is 986. The third kappa shape index (κ3) is 4.01. The van der Waals surface area contributed by atoms with Gasteiger partial charge in [-0.1, -0.05) is 12.1 Å². The molecule has 3 aromatic rings. The van der Waals surface area contributed by atoms with Crippen LogP contribution in [0.4, 0.5) is 23.1 Å². The van der Waals surface area contributed by atoms with Crippen LogP contribution in [0.25, 0.3) is 0 Å². The highest BCUT2D eigenvalue weighted by Crippen LogP contribution is 2.20. The van der Waals surface area contributed by atoms with Crippen molar-refractivity contribution in [3.8, 4) is 6.07 Å². The van der Waals surface area contributed by atoms with Gasteiger partial charge in [-0.3, -0.25) is 0 Å². The van der Waals surface area contributed by atoms with Gasteiger partial charge in [0.05, 0.1) is 17.8 Å². The fourth-order valence-electron chi connectivity index (χ4n) is 3.25. The molecular weight excluding hydrogens is 350 g/mol. The molecule has 1 aliphatic heterocycles. The Morgan fingerprint density at radius 1 is 1.00 bits per heavy atom. The number of nitrogens with zero attached hydrogens (tertiary/aromatic N) is 6. The van der Waals surface area contributed by atoms with Crippen molar-refractivity contribution < 1.29 is 0 Å². The summed E-state index contributed by atoms with van der Waals surface area (Å²) in [7, 11) is 0. The predicted octanol–water partition coefficient (Wildman–Crippen LogP) is 3.12. The predicted molar refractivity (Wildman–Crippen MR) is 110 cm³/mol. The molecule has 0 bridgehead atoms. The molecule has 1 aromatic heterocycles. The normalized spacial score (nSPS) is 13.9. The van der Waals surface area contributed by atoms with Crippen molar-refractivity contribution in [3.63, 3.8) is 0 Å². The van der Waals surface area contributed by atoms with E-state index >= 15 is 0 Å². The molecule has 4 rings (SSSR count). The maximum absolute atomic E-state index is 8.89. The Kier molecular flexibility index (Phi) is 5.02. The molecule has 0 radical (unpaired) electrons. The average Bonchev–Trinajstić information content (AvgIpc) is 2.75. The van der Waals surface area contributed by atoms with Crippen LogP contribution >= 0.6 is 0 Å². The second-order valence-corrected chi connectivity index (χ2v) is 6.77. The first kappa shape index (κ1) is 17.7. The van der Waals surface area contributed by atoms with Gasteiger partial charge in [-0.05, 0) is 48.9 Å². The Labute approximate surface area is 164 Å². The summed E-state index contributed by atoms with van der Waals surface area (Å²) in [5, 5.41) is 20.4. The molecule has 0 amide bonds. The van der Waals surface area contributed by atoms with Crippen LogP contribution in [-0.4, -0.2) is 41.4 Å². The van der Waals surface area contributed by atoms with Crippen LogP contribution in [-0.2, 0) is 0 Å². The second-order valence-electron chi connectivity index (χ2n) is 6.77. The second kappa shape index (κ2) is 7.92. The van der Waals surface area contributed by atoms with Crippen LogP contribution in [0.15, 0.2) is 54.7 Å². The van der Waals surface area contributed by atoms with E-state index in [1.807, 2.05) is 12.1 Å². The maximum Gasteiger partial charge on any atom is 0.247 e. The lowest BCUT2D eigenvalue weighted by molar-refractivity contribution is 0.635. The van der Waals surface area contributed by atoms with Gasteiger partial charge in [0.25, 0.3) is 0 Å². The van der Waals surface area contributed by atoms with Crippen molar-refractivity contribution in [2.24, 2.45) is 0 Å². The van der Waals surface area contributed by atoms with Gasteiger partial charge >= 0.3 is 0 Å². The zero-order valence-electron chi connectivity index (χ0n) is 15.7. The minimum Gasteiger partial charge on any atom is -0.368 e. The van der Waals surface area contributed by atoms with Crippen LogP contribution in [0, 0.1) is 18.3 Å². The lowest BCUT2D eigenvalue weighted by atomic mass is 10.2. The smallest absolute Gasteiger partial charge is 0.247 e. The summed E-state index contributed by atoms with van der Waals surface area (Å²) in [5.74, 6) is 1.26. The number of nitrogens with one attached hydrogen (secondary N) is 1. The van der Waals surface area contributed by atoms with Crippen molar-refractivity contribution in [2.45, 2.75) is 6.92 Å². The number of hydrogen-bond donors (Lipinski definition) is 1. The summed E-state index contributed by atoms with van der Waals surface area (Å²) in [4.78, 5) is 9.14. The third-order valence-electron chi connectivity index (χ3n) is 4.76. The summed E-state index contributed by atoms with van der Waals surface area (Å²) in [6.45, 7) is 5.64. The minimum absolute atomic E-state index is 0.624. The molecule has 1 aliphatic rings. The molecular formula is C21H21N7. The summed E-state index contributed by atoms with van der Waals surface area (Å²) in [6.07, 6.45) is 1.60. The molecule has 7 heteroatoms. The highest BCUT2D eigenvalue weighted by Gasteiger charge is 2.20. The average molecular weight is 371 g/mol.